The maximum atomic E-state index is 12.8. The van der Waals surface area contributed by atoms with Crippen LogP contribution < -0.4 is 10.1 Å². The molecule has 2 aromatic rings. The lowest BCUT2D eigenvalue weighted by Crippen LogP contribution is -2.48. The first-order chi connectivity index (χ1) is 13.4. The molecular weight excluding hydrogens is 354 g/mol. The molecule has 0 bridgehead atoms. The van der Waals surface area contributed by atoms with Crippen LogP contribution in [0.25, 0.3) is 6.08 Å². The zero-order valence-electron chi connectivity index (χ0n) is 16.8. The molecule has 1 atom stereocenters. The Labute approximate surface area is 166 Å². The molecule has 1 N–H and O–H groups in total. The molecule has 2 amide bonds. The summed E-state index contributed by atoms with van der Waals surface area (Å²) in [6.07, 6.45) is 6.56. The molecule has 0 saturated carbocycles. The maximum absolute atomic E-state index is 12.8. The highest BCUT2D eigenvalue weighted by atomic mass is 16.5. The molecule has 28 heavy (non-hydrogen) atoms. The minimum absolute atomic E-state index is 0.00176. The van der Waals surface area contributed by atoms with Gasteiger partial charge in [0.05, 0.1) is 7.11 Å². The fraction of sp³-hybridized carbons (Fsp3) is 0.318. The van der Waals surface area contributed by atoms with Crippen LogP contribution in [0.2, 0.25) is 0 Å². The highest BCUT2D eigenvalue weighted by Gasteiger charge is 2.23. The van der Waals surface area contributed by atoms with Crippen molar-refractivity contribution in [1.29, 1.82) is 0 Å². The van der Waals surface area contributed by atoms with Gasteiger partial charge in [-0.15, -0.1) is 0 Å². The molecule has 1 aromatic carbocycles. The van der Waals surface area contributed by atoms with Gasteiger partial charge in [0.2, 0.25) is 11.8 Å². The first kappa shape index (κ1) is 21.2. The first-order valence-electron chi connectivity index (χ1n) is 9.22. The van der Waals surface area contributed by atoms with Gasteiger partial charge in [0.1, 0.15) is 11.8 Å². The van der Waals surface area contributed by atoms with Crippen LogP contribution in [0.15, 0.2) is 54.9 Å². The number of amides is 2. The van der Waals surface area contributed by atoms with Gasteiger partial charge >= 0.3 is 0 Å². The van der Waals surface area contributed by atoms with Crippen molar-refractivity contribution in [3.05, 3.63) is 66.0 Å². The lowest BCUT2D eigenvalue weighted by atomic mass is 10.1. The zero-order chi connectivity index (χ0) is 20.5. The van der Waals surface area contributed by atoms with Crippen LogP contribution in [0.1, 0.15) is 31.9 Å². The Bertz CT molecular complexity index is 802. The number of nitrogens with one attached hydrogen (secondary N) is 1. The summed E-state index contributed by atoms with van der Waals surface area (Å²) in [6.45, 7) is 6.05. The van der Waals surface area contributed by atoms with Gasteiger partial charge in [-0.25, -0.2) is 0 Å². The van der Waals surface area contributed by atoms with Crippen LogP contribution in [0.3, 0.4) is 0 Å². The van der Waals surface area contributed by atoms with E-state index < -0.39 is 6.04 Å². The van der Waals surface area contributed by atoms with E-state index in [0.717, 1.165) is 16.9 Å². The van der Waals surface area contributed by atoms with Crippen LogP contribution >= 0.6 is 0 Å². The zero-order valence-corrected chi connectivity index (χ0v) is 16.8. The van der Waals surface area contributed by atoms with E-state index in [9.17, 15) is 9.59 Å². The number of aromatic nitrogens is 1. The van der Waals surface area contributed by atoms with Gasteiger partial charge < -0.3 is 15.0 Å². The normalized spacial score (nSPS) is 12.0. The van der Waals surface area contributed by atoms with Crippen LogP contribution in [0.5, 0.6) is 5.75 Å². The van der Waals surface area contributed by atoms with E-state index in [0.29, 0.717) is 6.54 Å². The highest BCUT2D eigenvalue weighted by Crippen LogP contribution is 2.12. The number of hydrogen-bond acceptors (Lipinski definition) is 4. The predicted molar refractivity (Wildman–Crippen MR) is 110 cm³/mol. The van der Waals surface area contributed by atoms with Crippen molar-refractivity contribution in [2.24, 2.45) is 0 Å². The molecule has 0 aliphatic heterocycles. The summed E-state index contributed by atoms with van der Waals surface area (Å²) in [5.41, 5.74) is 1.82. The van der Waals surface area contributed by atoms with Crippen LogP contribution in [-0.2, 0) is 16.1 Å². The number of carbonyl (C=O) groups is 2. The molecule has 1 aromatic heterocycles. The molecule has 6 nitrogen and oxygen atoms in total. The van der Waals surface area contributed by atoms with Crippen molar-refractivity contribution in [2.45, 2.75) is 39.4 Å². The van der Waals surface area contributed by atoms with Crippen LogP contribution in [0, 0.1) is 0 Å². The molecule has 1 unspecified atom stereocenters. The SMILES string of the molecule is COc1ccc(/C=C/C(=O)NC(C)C(=O)N(Cc2cccnc2)C(C)C)cc1. The number of carbonyl (C=O) groups excluding carboxylic acids is 2. The summed E-state index contributed by atoms with van der Waals surface area (Å²) in [5, 5.41) is 2.74. The Kier molecular flexibility index (Phi) is 7.75. The van der Waals surface area contributed by atoms with Gasteiger partial charge in [-0.1, -0.05) is 18.2 Å². The van der Waals surface area contributed by atoms with E-state index in [4.69, 9.17) is 4.74 Å². The van der Waals surface area contributed by atoms with Gasteiger partial charge in [-0.2, -0.15) is 0 Å². The minimum atomic E-state index is -0.632. The van der Waals surface area contributed by atoms with E-state index in [1.54, 1.807) is 37.4 Å². The fourth-order valence-electron chi connectivity index (χ4n) is 2.66. The summed E-state index contributed by atoms with van der Waals surface area (Å²) >= 11 is 0. The predicted octanol–water partition coefficient (Wildman–Crippen LogP) is 3.05. The van der Waals surface area contributed by atoms with Crippen molar-refractivity contribution in [1.82, 2.24) is 15.2 Å². The second-order valence-corrected chi connectivity index (χ2v) is 6.76. The lowest BCUT2D eigenvalue weighted by molar-refractivity contribution is -0.137. The van der Waals surface area contributed by atoms with Crippen LogP contribution in [0.4, 0.5) is 0 Å². The minimum Gasteiger partial charge on any atom is -0.497 e. The van der Waals surface area contributed by atoms with Gasteiger partial charge in [-0.3, -0.25) is 14.6 Å². The van der Waals surface area contributed by atoms with Crippen LogP contribution in [-0.4, -0.2) is 40.9 Å². The number of rotatable bonds is 8. The number of hydrogen-bond donors (Lipinski definition) is 1. The quantitative estimate of drug-likeness (QED) is 0.714. The molecule has 0 aliphatic rings. The first-order valence-corrected chi connectivity index (χ1v) is 9.22. The summed E-state index contributed by atoms with van der Waals surface area (Å²) in [7, 11) is 1.60. The van der Waals surface area contributed by atoms with E-state index in [-0.39, 0.29) is 17.9 Å². The number of nitrogens with zero attached hydrogens (tertiary/aromatic N) is 2. The summed E-state index contributed by atoms with van der Waals surface area (Å²) in [5.74, 6) is 0.301. The van der Waals surface area contributed by atoms with E-state index in [1.165, 1.54) is 6.08 Å². The molecule has 0 aliphatic carbocycles. The van der Waals surface area contributed by atoms with Crippen molar-refractivity contribution >= 4 is 17.9 Å². The average Bonchev–Trinajstić information content (AvgIpc) is 2.70. The third-order valence-corrected chi connectivity index (χ3v) is 4.25. The Balaban J connectivity index is 1.96. The van der Waals surface area contributed by atoms with Crippen molar-refractivity contribution < 1.29 is 14.3 Å². The Hall–Kier alpha value is -3.15. The molecule has 1 heterocycles. The monoisotopic (exact) mass is 381 g/mol. The number of benzene rings is 1. The second kappa shape index (κ2) is 10.3. The van der Waals surface area contributed by atoms with Crippen molar-refractivity contribution in [3.8, 4) is 5.75 Å². The van der Waals surface area contributed by atoms with Gasteiger partial charge in [0.15, 0.2) is 0 Å². The third-order valence-electron chi connectivity index (χ3n) is 4.25. The second-order valence-electron chi connectivity index (χ2n) is 6.76. The number of ether oxygens (including phenoxy) is 1. The highest BCUT2D eigenvalue weighted by molar-refractivity contribution is 5.95. The van der Waals surface area contributed by atoms with Gasteiger partial charge in [0, 0.05) is 31.1 Å². The average molecular weight is 381 g/mol. The fourth-order valence-corrected chi connectivity index (χ4v) is 2.66. The number of pyridine rings is 1. The summed E-state index contributed by atoms with van der Waals surface area (Å²) in [4.78, 5) is 30.8. The Morgan fingerprint density at radius 3 is 2.46 bits per heavy atom. The topological polar surface area (TPSA) is 71.5 Å². The smallest absolute Gasteiger partial charge is 0.245 e. The molecule has 6 heteroatoms. The number of methoxy groups -OCH3 is 1. The third kappa shape index (κ3) is 6.23. The molecule has 0 radical (unpaired) electrons. The Morgan fingerprint density at radius 1 is 1.18 bits per heavy atom. The molecule has 148 valence electrons. The van der Waals surface area contributed by atoms with E-state index in [1.807, 2.05) is 50.2 Å². The van der Waals surface area contributed by atoms with Gasteiger partial charge in [-0.05, 0) is 56.2 Å². The standard InChI is InChI=1S/C22H27N3O3/c1-16(2)25(15-19-6-5-13-23-14-19)22(27)17(3)24-21(26)12-9-18-7-10-20(28-4)11-8-18/h5-14,16-17H,15H2,1-4H3,(H,24,26)/b12-9+. The largest absolute Gasteiger partial charge is 0.497 e. The van der Waals surface area contributed by atoms with Gasteiger partial charge in [0.25, 0.3) is 0 Å². The van der Waals surface area contributed by atoms with Crippen molar-refractivity contribution in [3.63, 3.8) is 0 Å². The molecule has 0 spiro atoms. The maximum Gasteiger partial charge on any atom is 0.245 e. The Morgan fingerprint density at radius 2 is 1.89 bits per heavy atom. The van der Waals surface area contributed by atoms with Crippen molar-refractivity contribution in [2.75, 3.05) is 7.11 Å². The van der Waals surface area contributed by atoms with E-state index >= 15 is 0 Å². The summed E-state index contributed by atoms with van der Waals surface area (Å²) < 4.78 is 5.11. The molecule has 0 saturated heterocycles. The lowest BCUT2D eigenvalue weighted by Gasteiger charge is -2.29. The molecule has 0 fully saturated rings. The van der Waals surface area contributed by atoms with E-state index in [2.05, 4.69) is 10.3 Å². The molecular formula is C22H27N3O3. The summed E-state index contributed by atoms with van der Waals surface area (Å²) in [6, 6.07) is 10.5. The molecule has 2 rings (SSSR count).